The molecule has 2 rings (SSSR count). The van der Waals surface area contributed by atoms with Crippen molar-refractivity contribution in [3.05, 3.63) is 59.9 Å². The summed E-state index contributed by atoms with van der Waals surface area (Å²) >= 11 is 0. The molecule has 0 radical (unpaired) electrons. The second-order valence-electron chi connectivity index (χ2n) is 3.41. The van der Waals surface area contributed by atoms with Crippen molar-refractivity contribution in [1.29, 1.82) is 0 Å². The quantitative estimate of drug-likeness (QED) is 0.852. The Morgan fingerprint density at radius 1 is 0.938 bits per heavy atom. The summed E-state index contributed by atoms with van der Waals surface area (Å²) < 4.78 is 13.0. The van der Waals surface area contributed by atoms with Gasteiger partial charge in [-0.05, 0) is 28.8 Å². The number of hydrogen-bond donors (Lipinski definition) is 1. The van der Waals surface area contributed by atoms with E-state index in [1.165, 1.54) is 12.1 Å². The summed E-state index contributed by atoms with van der Waals surface area (Å²) in [5, 5.41) is 0. The van der Waals surface area contributed by atoms with Crippen molar-refractivity contribution in [2.45, 2.75) is 6.54 Å². The Morgan fingerprint density at radius 2 is 1.62 bits per heavy atom. The van der Waals surface area contributed by atoms with Gasteiger partial charge in [0.15, 0.2) is 0 Å². The molecule has 0 aliphatic rings. The number of benzene rings is 2. The van der Waals surface area contributed by atoms with Crippen molar-refractivity contribution in [1.82, 2.24) is 0 Å². The first-order valence-electron chi connectivity index (χ1n) is 4.84. The monoisotopic (exact) mass is 237 g/mol. The lowest BCUT2D eigenvalue weighted by Gasteiger charge is -2.02. The minimum absolute atomic E-state index is 0. The Bertz CT molecular complexity index is 454. The molecular weight excluding hydrogens is 225 g/mol. The van der Waals surface area contributed by atoms with E-state index in [0.29, 0.717) is 6.54 Å². The van der Waals surface area contributed by atoms with Crippen LogP contribution in [0.3, 0.4) is 0 Å². The van der Waals surface area contributed by atoms with Crippen molar-refractivity contribution in [2.24, 2.45) is 5.73 Å². The zero-order chi connectivity index (χ0) is 10.7. The lowest BCUT2D eigenvalue weighted by atomic mass is 10.0. The Labute approximate surface area is 101 Å². The largest absolute Gasteiger partial charge is 0.326 e. The molecule has 2 N–H and O–H groups in total. The van der Waals surface area contributed by atoms with Gasteiger partial charge in [-0.2, -0.15) is 0 Å². The maximum Gasteiger partial charge on any atom is 0.123 e. The van der Waals surface area contributed by atoms with Crippen LogP contribution in [0, 0.1) is 5.82 Å². The maximum atomic E-state index is 13.0. The average molecular weight is 238 g/mol. The fourth-order valence-corrected chi connectivity index (χ4v) is 1.50. The highest BCUT2D eigenvalue weighted by atomic mass is 35.5. The molecule has 0 spiro atoms. The second kappa shape index (κ2) is 5.64. The Morgan fingerprint density at radius 3 is 2.19 bits per heavy atom. The first kappa shape index (κ1) is 12.7. The molecule has 0 fully saturated rings. The van der Waals surface area contributed by atoms with Gasteiger partial charge in [-0.25, -0.2) is 4.39 Å². The van der Waals surface area contributed by atoms with Gasteiger partial charge in [0.1, 0.15) is 5.82 Å². The van der Waals surface area contributed by atoms with Crippen LogP contribution in [0.5, 0.6) is 0 Å². The minimum atomic E-state index is -0.213. The topological polar surface area (TPSA) is 26.0 Å². The Kier molecular flexibility index (Phi) is 4.47. The van der Waals surface area contributed by atoms with Gasteiger partial charge in [-0.15, -0.1) is 12.4 Å². The van der Waals surface area contributed by atoms with Crippen LogP contribution in [-0.2, 0) is 6.54 Å². The average Bonchev–Trinajstić information content (AvgIpc) is 2.29. The molecule has 0 aromatic heterocycles. The van der Waals surface area contributed by atoms with Crippen LogP contribution in [0.4, 0.5) is 4.39 Å². The summed E-state index contributed by atoms with van der Waals surface area (Å²) in [7, 11) is 0. The molecule has 0 atom stereocenters. The molecule has 0 unspecified atom stereocenters. The number of rotatable bonds is 2. The first-order chi connectivity index (χ1) is 7.29. The van der Waals surface area contributed by atoms with Gasteiger partial charge in [0.25, 0.3) is 0 Å². The highest BCUT2D eigenvalue weighted by Gasteiger charge is 1.98. The molecule has 0 aliphatic carbocycles. The van der Waals surface area contributed by atoms with E-state index in [-0.39, 0.29) is 18.2 Å². The number of nitrogens with two attached hydrogens (primary N) is 1. The lowest BCUT2D eigenvalue weighted by molar-refractivity contribution is 0.628. The minimum Gasteiger partial charge on any atom is -0.326 e. The van der Waals surface area contributed by atoms with E-state index in [1.807, 2.05) is 30.3 Å². The van der Waals surface area contributed by atoms with Gasteiger partial charge >= 0.3 is 0 Å². The molecule has 2 aromatic rings. The van der Waals surface area contributed by atoms with Crippen LogP contribution in [0.15, 0.2) is 48.5 Å². The van der Waals surface area contributed by atoms with Crippen molar-refractivity contribution in [2.75, 3.05) is 0 Å². The SMILES string of the molecule is Cl.NCc1ccc(-c2cccc(F)c2)cc1. The fourth-order valence-electron chi connectivity index (χ4n) is 1.50. The third-order valence-electron chi connectivity index (χ3n) is 2.35. The normalized spacial score (nSPS) is 9.62. The lowest BCUT2D eigenvalue weighted by Crippen LogP contribution is -1.95. The summed E-state index contributed by atoms with van der Waals surface area (Å²) in [5.74, 6) is -0.213. The van der Waals surface area contributed by atoms with Gasteiger partial charge < -0.3 is 5.73 Å². The van der Waals surface area contributed by atoms with Crippen LogP contribution in [-0.4, -0.2) is 0 Å². The molecule has 16 heavy (non-hydrogen) atoms. The molecule has 3 heteroatoms. The summed E-state index contributed by atoms with van der Waals surface area (Å²) in [6, 6.07) is 14.4. The van der Waals surface area contributed by atoms with Crippen molar-refractivity contribution >= 4 is 12.4 Å². The third kappa shape index (κ3) is 2.81. The van der Waals surface area contributed by atoms with Gasteiger partial charge in [-0.3, -0.25) is 0 Å². The predicted molar refractivity (Wildman–Crippen MR) is 67.0 cm³/mol. The molecule has 0 amide bonds. The smallest absolute Gasteiger partial charge is 0.123 e. The highest BCUT2D eigenvalue weighted by molar-refractivity contribution is 5.85. The predicted octanol–water partition coefficient (Wildman–Crippen LogP) is 3.37. The van der Waals surface area contributed by atoms with Crippen LogP contribution < -0.4 is 5.73 Å². The second-order valence-corrected chi connectivity index (χ2v) is 3.41. The van der Waals surface area contributed by atoms with Crippen LogP contribution in [0.25, 0.3) is 11.1 Å². The molecular formula is C13H13ClFN. The standard InChI is InChI=1S/C13H12FN.ClH/c14-13-3-1-2-12(8-13)11-6-4-10(9-15)5-7-11;/h1-8H,9,15H2;1H. The van der Waals surface area contributed by atoms with E-state index in [1.54, 1.807) is 6.07 Å². The van der Waals surface area contributed by atoms with E-state index < -0.39 is 0 Å². The maximum absolute atomic E-state index is 13.0. The van der Waals surface area contributed by atoms with E-state index in [4.69, 9.17) is 5.73 Å². The first-order valence-corrected chi connectivity index (χ1v) is 4.84. The van der Waals surface area contributed by atoms with Gasteiger partial charge in [0.2, 0.25) is 0 Å². The molecule has 0 saturated carbocycles. The van der Waals surface area contributed by atoms with Gasteiger partial charge in [0, 0.05) is 6.54 Å². The number of hydrogen-bond acceptors (Lipinski definition) is 1. The molecule has 1 nitrogen and oxygen atoms in total. The molecule has 0 bridgehead atoms. The summed E-state index contributed by atoms with van der Waals surface area (Å²) in [5.41, 5.74) is 8.48. The molecule has 0 heterocycles. The fraction of sp³-hybridized carbons (Fsp3) is 0.0769. The van der Waals surface area contributed by atoms with Crippen molar-refractivity contribution < 1.29 is 4.39 Å². The van der Waals surface area contributed by atoms with E-state index in [0.717, 1.165) is 16.7 Å². The zero-order valence-corrected chi connectivity index (χ0v) is 9.51. The summed E-state index contributed by atoms with van der Waals surface area (Å²) in [6.45, 7) is 0.531. The van der Waals surface area contributed by atoms with Gasteiger partial charge in [-0.1, -0.05) is 36.4 Å². The van der Waals surface area contributed by atoms with Crippen LogP contribution >= 0.6 is 12.4 Å². The van der Waals surface area contributed by atoms with Crippen molar-refractivity contribution in [3.8, 4) is 11.1 Å². The van der Waals surface area contributed by atoms with Crippen molar-refractivity contribution in [3.63, 3.8) is 0 Å². The van der Waals surface area contributed by atoms with E-state index >= 15 is 0 Å². The summed E-state index contributed by atoms with van der Waals surface area (Å²) in [4.78, 5) is 0. The number of halogens is 2. The Balaban J connectivity index is 0.00000128. The Hall–Kier alpha value is -1.38. The highest BCUT2D eigenvalue weighted by Crippen LogP contribution is 2.20. The molecule has 0 saturated heterocycles. The van der Waals surface area contributed by atoms with Crippen LogP contribution in [0.2, 0.25) is 0 Å². The van der Waals surface area contributed by atoms with E-state index in [2.05, 4.69) is 0 Å². The molecule has 2 aromatic carbocycles. The summed E-state index contributed by atoms with van der Waals surface area (Å²) in [6.07, 6.45) is 0. The molecule has 84 valence electrons. The molecule has 0 aliphatic heterocycles. The zero-order valence-electron chi connectivity index (χ0n) is 8.69. The van der Waals surface area contributed by atoms with E-state index in [9.17, 15) is 4.39 Å². The van der Waals surface area contributed by atoms with Gasteiger partial charge in [0.05, 0.1) is 0 Å². The third-order valence-corrected chi connectivity index (χ3v) is 2.35. The van der Waals surface area contributed by atoms with Crippen LogP contribution in [0.1, 0.15) is 5.56 Å².